The van der Waals surface area contributed by atoms with Crippen molar-refractivity contribution in [2.45, 2.75) is 37.4 Å². The highest BCUT2D eigenvalue weighted by molar-refractivity contribution is 7.93. The number of hydrogen-bond donors (Lipinski definition) is 1. The van der Waals surface area contributed by atoms with Crippen LogP contribution in [-0.4, -0.2) is 13.7 Å². The molecule has 1 N–H and O–H groups in total. The van der Waals surface area contributed by atoms with Crippen LogP contribution in [0.5, 0.6) is 0 Å². The predicted molar refractivity (Wildman–Crippen MR) is 70.5 cm³/mol. The summed E-state index contributed by atoms with van der Waals surface area (Å²) in [5.74, 6) is -0.650. The van der Waals surface area contributed by atoms with Gasteiger partial charge in [0, 0.05) is 5.69 Å². The van der Waals surface area contributed by atoms with Crippen molar-refractivity contribution in [1.29, 1.82) is 5.26 Å². The molecule has 6 heteroatoms. The summed E-state index contributed by atoms with van der Waals surface area (Å²) in [4.78, 5) is 0. The first-order valence-electron chi connectivity index (χ1n) is 6.24. The zero-order valence-electron chi connectivity index (χ0n) is 10.4. The number of halogens is 1. The maximum atomic E-state index is 13.2. The maximum absolute atomic E-state index is 13.2. The lowest BCUT2D eigenvalue weighted by atomic mass is 10.0. The van der Waals surface area contributed by atoms with Gasteiger partial charge in [0.2, 0.25) is 10.0 Å². The fourth-order valence-electron chi connectivity index (χ4n) is 2.30. The van der Waals surface area contributed by atoms with Gasteiger partial charge in [0.15, 0.2) is 0 Å². The van der Waals surface area contributed by atoms with Crippen LogP contribution >= 0.6 is 0 Å². The van der Waals surface area contributed by atoms with E-state index >= 15 is 0 Å². The number of nitrogens with one attached hydrogen (secondary N) is 1. The third-order valence-electron chi connectivity index (χ3n) is 3.34. The zero-order chi connectivity index (χ0) is 13.9. The third kappa shape index (κ3) is 3.24. The second-order valence-corrected chi connectivity index (χ2v) is 6.67. The van der Waals surface area contributed by atoms with E-state index in [0.717, 1.165) is 25.3 Å². The Balaban J connectivity index is 2.18. The summed E-state index contributed by atoms with van der Waals surface area (Å²) in [6.07, 6.45) is 4.21. The van der Waals surface area contributed by atoms with Gasteiger partial charge in [0.25, 0.3) is 0 Å². The van der Waals surface area contributed by atoms with Crippen LogP contribution in [0.3, 0.4) is 0 Å². The van der Waals surface area contributed by atoms with Crippen molar-refractivity contribution in [3.05, 3.63) is 29.6 Å². The van der Waals surface area contributed by atoms with E-state index in [1.165, 1.54) is 12.1 Å². The van der Waals surface area contributed by atoms with Gasteiger partial charge in [-0.25, -0.2) is 12.8 Å². The van der Waals surface area contributed by atoms with Crippen LogP contribution in [-0.2, 0) is 10.0 Å². The van der Waals surface area contributed by atoms with E-state index in [0.29, 0.717) is 12.8 Å². The van der Waals surface area contributed by atoms with Gasteiger partial charge in [-0.3, -0.25) is 4.72 Å². The SMILES string of the molecule is N#Cc1cc(NS(=O)(=O)C2CCCCC2)ccc1F. The summed E-state index contributed by atoms with van der Waals surface area (Å²) in [5.41, 5.74) is 0.0763. The summed E-state index contributed by atoms with van der Waals surface area (Å²) >= 11 is 0. The Bertz CT molecular complexity index is 602. The van der Waals surface area contributed by atoms with Crippen molar-refractivity contribution in [2.24, 2.45) is 0 Å². The van der Waals surface area contributed by atoms with Gasteiger partial charge in [0.1, 0.15) is 11.9 Å². The number of benzene rings is 1. The van der Waals surface area contributed by atoms with Gasteiger partial charge in [-0.2, -0.15) is 5.26 Å². The minimum absolute atomic E-state index is 0.163. The van der Waals surface area contributed by atoms with Crippen molar-refractivity contribution >= 4 is 15.7 Å². The highest BCUT2D eigenvalue weighted by Crippen LogP contribution is 2.25. The molecule has 0 spiro atoms. The molecule has 0 bridgehead atoms. The molecule has 1 aliphatic carbocycles. The fourth-order valence-corrected chi connectivity index (χ4v) is 3.87. The van der Waals surface area contributed by atoms with Crippen molar-refractivity contribution in [1.82, 2.24) is 0 Å². The van der Waals surface area contributed by atoms with E-state index in [4.69, 9.17) is 5.26 Å². The molecule has 0 radical (unpaired) electrons. The van der Waals surface area contributed by atoms with Crippen LogP contribution in [0.25, 0.3) is 0 Å². The summed E-state index contributed by atoms with van der Waals surface area (Å²) in [7, 11) is -3.46. The van der Waals surface area contributed by atoms with Gasteiger partial charge >= 0.3 is 0 Å². The van der Waals surface area contributed by atoms with Crippen LogP contribution < -0.4 is 4.72 Å². The normalized spacial score (nSPS) is 16.8. The van der Waals surface area contributed by atoms with Crippen LogP contribution in [0.4, 0.5) is 10.1 Å². The van der Waals surface area contributed by atoms with E-state index in [1.807, 2.05) is 0 Å². The molecule has 1 saturated carbocycles. The smallest absolute Gasteiger partial charge is 0.235 e. The quantitative estimate of drug-likeness (QED) is 0.926. The fraction of sp³-hybridized carbons (Fsp3) is 0.462. The average molecular weight is 282 g/mol. The van der Waals surface area contributed by atoms with Gasteiger partial charge in [0.05, 0.1) is 10.8 Å². The number of hydrogen-bond acceptors (Lipinski definition) is 3. The van der Waals surface area contributed by atoms with Gasteiger partial charge in [-0.1, -0.05) is 19.3 Å². The summed E-state index contributed by atoms with van der Waals surface area (Å²) in [6.45, 7) is 0. The largest absolute Gasteiger partial charge is 0.283 e. The Kier molecular flexibility index (Phi) is 4.05. The first-order valence-corrected chi connectivity index (χ1v) is 7.79. The Hall–Kier alpha value is -1.61. The highest BCUT2D eigenvalue weighted by Gasteiger charge is 2.27. The summed E-state index contributed by atoms with van der Waals surface area (Å²) in [5, 5.41) is 8.33. The lowest BCUT2D eigenvalue weighted by molar-refractivity contribution is 0.486. The Morgan fingerprint density at radius 3 is 2.58 bits per heavy atom. The molecule has 0 atom stereocenters. The minimum Gasteiger partial charge on any atom is -0.283 e. The van der Waals surface area contributed by atoms with Crippen molar-refractivity contribution < 1.29 is 12.8 Å². The van der Waals surface area contributed by atoms with Crippen molar-refractivity contribution in [2.75, 3.05) is 4.72 Å². The Morgan fingerprint density at radius 2 is 1.95 bits per heavy atom. The first kappa shape index (κ1) is 13.8. The molecule has 2 rings (SSSR count). The topological polar surface area (TPSA) is 70.0 Å². The molecular weight excluding hydrogens is 267 g/mol. The standard InChI is InChI=1S/C13H15FN2O2S/c14-13-7-6-11(8-10(13)9-15)16-19(17,18)12-4-2-1-3-5-12/h6-8,12,16H,1-5H2. The number of anilines is 1. The molecular formula is C13H15FN2O2S. The van der Waals surface area contributed by atoms with E-state index in [-0.39, 0.29) is 11.3 Å². The molecule has 0 heterocycles. The summed E-state index contributed by atoms with van der Waals surface area (Å²) < 4.78 is 39.9. The monoisotopic (exact) mass is 282 g/mol. The van der Waals surface area contributed by atoms with Gasteiger partial charge < -0.3 is 0 Å². The Labute approximate surface area is 112 Å². The second kappa shape index (κ2) is 5.57. The number of nitrogens with zero attached hydrogens (tertiary/aromatic N) is 1. The molecule has 102 valence electrons. The molecule has 0 saturated heterocycles. The lowest BCUT2D eigenvalue weighted by Crippen LogP contribution is -2.29. The molecule has 19 heavy (non-hydrogen) atoms. The second-order valence-electron chi connectivity index (χ2n) is 4.71. The van der Waals surface area contributed by atoms with Gasteiger partial charge in [-0.05, 0) is 31.0 Å². The molecule has 4 nitrogen and oxygen atoms in total. The third-order valence-corrected chi connectivity index (χ3v) is 5.21. The lowest BCUT2D eigenvalue weighted by Gasteiger charge is -2.22. The van der Waals surface area contributed by atoms with Crippen LogP contribution in [0, 0.1) is 17.1 Å². The summed E-state index contributed by atoms with van der Waals surface area (Å²) in [6, 6.07) is 5.33. The molecule has 1 aromatic rings. The molecule has 1 fully saturated rings. The maximum Gasteiger partial charge on any atom is 0.235 e. The average Bonchev–Trinajstić information content (AvgIpc) is 2.42. The molecule has 0 amide bonds. The van der Waals surface area contributed by atoms with E-state index in [9.17, 15) is 12.8 Å². The first-order chi connectivity index (χ1) is 9.03. The van der Waals surface area contributed by atoms with Gasteiger partial charge in [-0.15, -0.1) is 0 Å². The molecule has 0 unspecified atom stereocenters. The number of nitriles is 1. The zero-order valence-corrected chi connectivity index (χ0v) is 11.2. The molecule has 0 aromatic heterocycles. The minimum atomic E-state index is -3.46. The molecule has 1 aromatic carbocycles. The molecule has 0 aliphatic heterocycles. The van der Waals surface area contributed by atoms with Crippen LogP contribution in [0.1, 0.15) is 37.7 Å². The number of sulfonamides is 1. The van der Waals surface area contributed by atoms with E-state index in [1.54, 1.807) is 6.07 Å². The van der Waals surface area contributed by atoms with Crippen LogP contribution in [0.15, 0.2) is 18.2 Å². The number of rotatable bonds is 3. The van der Waals surface area contributed by atoms with E-state index < -0.39 is 21.1 Å². The Morgan fingerprint density at radius 1 is 1.26 bits per heavy atom. The van der Waals surface area contributed by atoms with Crippen molar-refractivity contribution in [3.63, 3.8) is 0 Å². The highest BCUT2D eigenvalue weighted by atomic mass is 32.2. The molecule has 1 aliphatic rings. The predicted octanol–water partition coefficient (Wildman–Crippen LogP) is 2.77. The van der Waals surface area contributed by atoms with E-state index in [2.05, 4.69) is 4.72 Å². The van der Waals surface area contributed by atoms with Crippen LogP contribution in [0.2, 0.25) is 0 Å². The van der Waals surface area contributed by atoms with Crippen molar-refractivity contribution in [3.8, 4) is 6.07 Å².